The normalized spacial score (nSPS) is 15.1. The summed E-state index contributed by atoms with van der Waals surface area (Å²) in [5.41, 5.74) is 8.18. The van der Waals surface area contributed by atoms with Crippen molar-refractivity contribution in [1.82, 2.24) is 30.0 Å². The van der Waals surface area contributed by atoms with Crippen molar-refractivity contribution in [2.24, 2.45) is 0 Å². The van der Waals surface area contributed by atoms with E-state index in [9.17, 15) is 4.79 Å². The zero-order valence-electron chi connectivity index (χ0n) is 24.5. The van der Waals surface area contributed by atoms with E-state index in [0.717, 1.165) is 90.7 Å². The smallest absolute Gasteiger partial charge is 0.243 e. The van der Waals surface area contributed by atoms with E-state index in [4.69, 9.17) is 14.6 Å². The fourth-order valence-corrected chi connectivity index (χ4v) is 5.29. The average Bonchev–Trinajstić information content (AvgIpc) is 3.72. The SMILES string of the molecule is CN(CCCCCCC(=O)NOC1CCCCO1)c1ccc(Nc2nc(-c3ccc4cn[nH]c4c3)cn3ccnc23)cc1. The highest BCUT2D eigenvalue weighted by atomic mass is 16.8. The second-order valence-corrected chi connectivity index (χ2v) is 11.0. The van der Waals surface area contributed by atoms with Crippen LogP contribution in [0.5, 0.6) is 0 Å². The molecule has 0 radical (unpaired) electrons. The zero-order chi connectivity index (χ0) is 29.4. The van der Waals surface area contributed by atoms with Gasteiger partial charge in [-0.2, -0.15) is 5.10 Å². The van der Waals surface area contributed by atoms with Gasteiger partial charge in [-0.15, -0.1) is 0 Å². The quantitative estimate of drug-likeness (QED) is 0.115. The molecule has 2 aromatic carbocycles. The third kappa shape index (κ3) is 7.30. The molecule has 0 spiro atoms. The molecule has 11 nitrogen and oxygen atoms in total. The molecule has 43 heavy (non-hydrogen) atoms. The van der Waals surface area contributed by atoms with E-state index >= 15 is 0 Å². The number of aromatic amines is 1. The molecule has 1 amide bonds. The van der Waals surface area contributed by atoms with Crippen LogP contribution in [0.4, 0.5) is 17.2 Å². The fourth-order valence-electron chi connectivity index (χ4n) is 5.29. The first-order valence-corrected chi connectivity index (χ1v) is 15.0. The Labute approximate surface area is 250 Å². The maximum Gasteiger partial charge on any atom is 0.243 e. The Morgan fingerprint density at radius 3 is 2.88 bits per heavy atom. The number of rotatable bonds is 13. The molecule has 224 valence electrons. The lowest BCUT2D eigenvalue weighted by Crippen LogP contribution is -2.32. The van der Waals surface area contributed by atoms with Crippen molar-refractivity contribution in [3.8, 4) is 11.3 Å². The molecule has 3 aromatic heterocycles. The van der Waals surface area contributed by atoms with Gasteiger partial charge in [-0.1, -0.05) is 25.0 Å². The molecule has 1 saturated heterocycles. The fraction of sp³-hybridized carbons (Fsp3) is 0.375. The highest BCUT2D eigenvalue weighted by Crippen LogP contribution is 2.27. The Morgan fingerprint density at radius 1 is 1.14 bits per heavy atom. The number of amides is 1. The third-order valence-electron chi connectivity index (χ3n) is 7.77. The molecular formula is C32H38N8O3. The minimum absolute atomic E-state index is 0.0777. The van der Waals surface area contributed by atoms with Crippen molar-refractivity contribution >= 4 is 39.6 Å². The predicted octanol–water partition coefficient (Wildman–Crippen LogP) is 5.98. The Morgan fingerprint density at radius 2 is 2.02 bits per heavy atom. The summed E-state index contributed by atoms with van der Waals surface area (Å²) in [6.07, 6.45) is 14.6. The van der Waals surface area contributed by atoms with Gasteiger partial charge < -0.3 is 19.4 Å². The highest BCUT2D eigenvalue weighted by molar-refractivity contribution is 5.84. The number of unbranched alkanes of at least 4 members (excludes halogenated alkanes) is 3. The van der Waals surface area contributed by atoms with Crippen LogP contribution in [0.2, 0.25) is 0 Å². The van der Waals surface area contributed by atoms with E-state index in [-0.39, 0.29) is 12.2 Å². The number of hydrogen-bond donors (Lipinski definition) is 3. The van der Waals surface area contributed by atoms with Gasteiger partial charge in [-0.3, -0.25) is 9.89 Å². The summed E-state index contributed by atoms with van der Waals surface area (Å²) >= 11 is 0. The minimum atomic E-state index is -0.303. The van der Waals surface area contributed by atoms with Gasteiger partial charge in [0.1, 0.15) is 0 Å². The molecule has 1 atom stereocenters. The van der Waals surface area contributed by atoms with Crippen molar-refractivity contribution in [1.29, 1.82) is 0 Å². The molecule has 0 aliphatic carbocycles. The van der Waals surface area contributed by atoms with Crippen LogP contribution in [0, 0.1) is 0 Å². The number of carbonyl (C=O) groups is 1. The molecule has 1 unspecified atom stereocenters. The number of ether oxygens (including phenoxy) is 1. The molecule has 0 saturated carbocycles. The number of nitrogens with one attached hydrogen (secondary N) is 3. The molecule has 3 N–H and O–H groups in total. The molecule has 6 rings (SSSR count). The number of H-pyrrole nitrogens is 1. The number of nitrogens with zero attached hydrogens (tertiary/aromatic N) is 5. The summed E-state index contributed by atoms with van der Waals surface area (Å²) in [7, 11) is 2.11. The molecule has 4 heterocycles. The molecule has 11 heteroatoms. The Bertz CT molecular complexity index is 1640. The second kappa shape index (κ2) is 13.7. The van der Waals surface area contributed by atoms with E-state index in [1.165, 1.54) is 0 Å². The first kappa shape index (κ1) is 28.6. The maximum absolute atomic E-state index is 12.0. The lowest BCUT2D eigenvalue weighted by Gasteiger charge is -2.22. The van der Waals surface area contributed by atoms with Crippen LogP contribution in [-0.2, 0) is 14.4 Å². The van der Waals surface area contributed by atoms with Crippen LogP contribution in [0.25, 0.3) is 27.8 Å². The monoisotopic (exact) mass is 582 g/mol. The number of hydrogen-bond acceptors (Lipinski definition) is 8. The van der Waals surface area contributed by atoms with Crippen molar-refractivity contribution in [2.75, 3.05) is 30.4 Å². The topological polar surface area (TPSA) is 122 Å². The zero-order valence-corrected chi connectivity index (χ0v) is 24.5. The van der Waals surface area contributed by atoms with Crippen molar-refractivity contribution in [2.45, 2.75) is 57.7 Å². The van der Waals surface area contributed by atoms with Crippen LogP contribution >= 0.6 is 0 Å². The van der Waals surface area contributed by atoms with Crippen LogP contribution in [0.1, 0.15) is 51.4 Å². The predicted molar refractivity (Wildman–Crippen MR) is 167 cm³/mol. The van der Waals surface area contributed by atoms with Crippen LogP contribution in [-0.4, -0.2) is 57.0 Å². The summed E-state index contributed by atoms with van der Waals surface area (Å²) in [5.74, 6) is 0.613. The minimum Gasteiger partial charge on any atom is -0.375 e. The lowest BCUT2D eigenvalue weighted by molar-refractivity contribution is -0.200. The number of benzene rings is 2. The van der Waals surface area contributed by atoms with Crippen molar-refractivity contribution in [3.63, 3.8) is 0 Å². The Kier molecular flexibility index (Phi) is 9.10. The summed E-state index contributed by atoms with van der Waals surface area (Å²) in [6, 6.07) is 14.5. The van der Waals surface area contributed by atoms with Gasteiger partial charge in [0.2, 0.25) is 5.91 Å². The van der Waals surface area contributed by atoms with E-state index in [2.05, 4.69) is 74.3 Å². The van der Waals surface area contributed by atoms with Gasteiger partial charge in [-0.05, 0) is 56.0 Å². The van der Waals surface area contributed by atoms with Gasteiger partial charge in [-0.25, -0.2) is 20.3 Å². The number of imidazole rings is 1. The van der Waals surface area contributed by atoms with Crippen LogP contribution in [0.3, 0.4) is 0 Å². The van der Waals surface area contributed by atoms with Gasteiger partial charge in [0.15, 0.2) is 17.8 Å². The van der Waals surface area contributed by atoms with Crippen LogP contribution in [0.15, 0.2) is 67.3 Å². The summed E-state index contributed by atoms with van der Waals surface area (Å²) in [4.78, 5) is 29.0. The van der Waals surface area contributed by atoms with Crippen molar-refractivity contribution in [3.05, 3.63) is 67.3 Å². The van der Waals surface area contributed by atoms with E-state index in [1.54, 1.807) is 6.20 Å². The average molecular weight is 583 g/mol. The maximum atomic E-state index is 12.0. The van der Waals surface area contributed by atoms with Gasteiger partial charge in [0.05, 0.1) is 17.4 Å². The first-order valence-electron chi connectivity index (χ1n) is 15.0. The van der Waals surface area contributed by atoms with Crippen LogP contribution < -0.4 is 15.7 Å². The highest BCUT2D eigenvalue weighted by Gasteiger charge is 2.15. The standard InChI is InChI=1S/C32H38N8O3/c1-39(17-6-3-2-4-8-29(41)38-43-30-9-5-7-19-42-30)26-14-12-25(13-15-26)35-31-32-33-16-18-40(32)22-28(36-31)23-10-11-24-21-34-37-27(24)20-23/h10-16,18,20-22,30H,2-9,17,19H2,1H3,(H,34,37)(H,35,36)(H,38,41). The molecule has 5 aromatic rings. The first-order chi connectivity index (χ1) is 21.1. The summed E-state index contributed by atoms with van der Waals surface area (Å²) in [6.45, 7) is 1.64. The van der Waals surface area contributed by atoms with Gasteiger partial charge in [0.25, 0.3) is 0 Å². The van der Waals surface area contributed by atoms with Gasteiger partial charge >= 0.3 is 0 Å². The van der Waals surface area contributed by atoms with E-state index in [0.29, 0.717) is 18.8 Å². The number of carbonyl (C=O) groups excluding carboxylic acids is 1. The summed E-state index contributed by atoms with van der Waals surface area (Å²) < 4.78 is 7.45. The second-order valence-electron chi connectivity index (χ2n) is 11.0. The molecule has 1 fully saturated rings. The Hall–Kier alpha value is -4.48. The summed E-state index contributed by atoms with van der Waals surface area (Å²) in [5, 5.41) is 11.7. The Balaban J connectivity index is 0.973. The lowest BCUT2D eigenvalue weighted by atomic mass is 10.1. The molecular weight excluding hydrogens is 544 g/mol. The number of anilines is 3. The number of fused-ring (bicyclic) bond motifs is 2. The van der Waals surface area contributed by atoms with E-state index in [1.807, 2.05) is 29.1 Å². The molecule has 1 aliphatic heterocycles. The van der Waals surface area contributed by atoms with Gasteiger partial charge in [0, 0.05) is 74.0 Å². The van der Waals surface area contributed by atoms with E-state index < -0.39 is 0 Å². The molecule has 0 bridgehead atoms. The molecule has 1 aliphatic rings. The van der Waals surface area contributed by atoms with Crippen molar-refractivity contribution < 1.29 is 14.4 Å². The largest absolute Gasteiger partial charge is 0.375 e. The third-order valence-corrected chi connectivity index (χ3v) is 7.77. The number of hydroxylamine groups is 1. The number of aromatic nitrogens is 5.